The highest BCUT2D eigenvalue weighted by atomic mass is 16.3. The van der Waals surface area contributed by atoms with Gasteiger partial charge in [0.25, 0.3) is 0 Å². The molecule has 0 fully saturated rings. The van der Waals surface area contributed by atoms with Gasteiger partial charge in [-0.1, -0.05) is 125 Å². The lowest BCUT2D eigenvalue weighted by Gasteiger charge is -2.28. The van der Waals surface area contributed by atoms with Crippen LogP contribution in [0.2, 0.25) is 0 Å². The van der Waals surface area contributed by atoms with Crippen molar-refractivity contribution in [2.24, 2.45) is 0 Å². The lowest BCUT2D eigenvalue weighted by Crippen LogP contribution is -2.50. The highest BCUT2D eigenvalue weighted by Crippen LogP contribution is 2.45. The maximum absolute atomic E-state index is 6.84. The van der Waals surface area contributed by atoms with E-state index in [0.29, 0.717) is 0 Å². The highest BCUT2D eigenvalue weighted by Gasteiger charge is 2.27. The van der Waals surface area contributed by atoms with Gasteiger partial charge in [0.15, 0.2) is 0 Å². The van der Waals surface area contributed by atoms with Gasteiger partial charge >= 0.3 is 0 Å². The van der Waals surface area contributed by atoms with Crippen LogP contribution in [-0.4, -0.2) is 62.8 Å². The van der Waals surface area contributed by atoms with Crippen LogP contribution < -0.4 is 43.7 Å². The van der Waals surface area contributed by atoms with E-state index >= 15 is 0 Å². The number of benzene rings is 9. The van der Waals surface area contributed by atoms with Crippen molar-refractivity contribution < 1.29 is 4.42 Å². The Hall–Kier alpha value is -5.66. The molecule has 0 amide bonds. The third-order valence-electron chi connectivity index (χ3n) is 13.3. The molecule has 0 aliphatic heterocycles. The Bertz CT molecular complexity index is 3220. The van der Waals surface area contributed by atoms with Gasteiger partial charge in [-0.3, -0.25) is 0 Å². The largest absolute Gasteiger partial charge is 0.456 e. The molecule has 9 aromatic carbocycles. The van der Waals surface area contributed by atoms with E-state index < -0.39 is 0 Å². The Morgan fingerprint density at radius 2 is 0.764 bits per heavy atom. The minimum atomic E-state index is 0.887. The highest BCUT2D eigenvalue weighted by molar-refractivity contribution is 6.71. The molecule has 10 aromatic rings. The zero-order chi connectivity index (χ0) is 37.9. The second kappa shape index (κ2) is 12.4. The Balaban J connectivity index is 1.37. The van der Waals surface area contributed by atoms with Gasteiger partial charge in [-0.2, -0.15) is 0 Å². The average molecular weight is 691 g/mol. The lowest BCUT2D eigenvalue weighted by molar-refractivity contribution is 0.632. The average Bonchev–Trinajstić information content (AvgIpc) is 3.67. The van der Waals surface area contributed by atoms with Crippen LogP contribution in [0.1, 0.15) is 0 Å². The van der Waals surface area contributed by atoms with E-state index in [-0.39, 0.29) is 0 Å². The van der Waals surface area contributed by atoms with Crippen LogP contribution in [0, 0.1) is 0 Å². The lowest BCUT2D eigenvalue weighted by atomic mass is 9.59. The molecule has 55 heavy (non-hydrogen) atoms. The van der Waals surface area contributed by atoms with Gasteiger partial charge in [0.2, 0.25) is 0 Å². The summed E-state index contributed by atoms with van der Waals surface area (Å²) in [5.41, 5.74) is 18.0. The zero-order valence-corrected chi connectivity index (χ0v) is 33.0. The first-order valence-corrected chi connectivity index (χ1v) is 19.5. The summed E-state index contributed by atoms with van der Waals surface area (Å²) in [6.45, 7) is 0. The maximum Gasteiger partial charge on any atom is 0.139 e. The van der Waals surface area contributed by atoms with Crippen molar-refractivity contribution in [2.45, 2.75) is 0 Å². The number of hydrogen-bond acceptors (Lipinski definition) is 1. The molecule has 0 unspecified atom stereocenters. The normalized spacial score (nSPS) is 11.9. The minimum absolute atomic E-state index is 0.887. The van der Waals surface area contributed by atoms with Crippen molar-refractivity contribution >= 4 is 171 Å². The summed E-state index contributed by atoms with van der Waals surface area (Å²) >= 11 is 0. The second-order valence-electron chi connectivity index (χ2n) is 15.8. The maximum atomic E-state index is 6.84. The molecule has 0 saturated heterocycles. The van der Waals surface area contributed by atoms with Gasteiger partial charge in [0.1, 0.15) is 74.1 Å². The van der Waals surface area contributed by atoms with E-state index in [2.05, 4.69) is 184 Å². The summed E-state index contributed by atoms with van der Waals surface area (Å²) < 4.78 is 6.84. The molecule has 10 rings (SSSR count). The Morgan fingerprint density at radius 1 is 0.327 bits per heavy atom. The summed E-state index contributed by atoms with van der Waals surface area (Å²) in [4.78, 5) is 0. The van der Waals surface area contributed by atoms with Crippen LogP contribution in [0.4, 0.5) is 0 Å². The molecule has 9 heteroatoms. The third-order valence-corrected chi connectivity index (χ3v) is 13.3. The zero-order valence-electron chi connectivity index (χ0n) is 33.0. The third kappa shape index (κ3) is 4.85. The molecule has 1 aromatic heterocycles. The van der Waals surface area contributed by atoms with Gasteiger partial charge < -0.3 is 4.42 Å². The van der Waals surface area contributed by atoms with Gasteiger partial charge in [0.05, 0.1) is 0 Å². The van der Waals surface area contributed by atoms with Gasteiger partial charge in [-0.05, 0) is 94.3 Å². The number of hydrogen-bond donors (Lipinski definition) is 0. The monoisotopic (exact) mass is 692 g/mol. The van der Waals surface area contributed by atoms with Crippen LogP contribution in [-0.2, 0) is 0 Å². The number of rotatable bonds is 3. The Labute approximate surface area is 329 Å². The van der Waals surface area contributed by atoms with Crippen LogP contribution in [0.3, 0.4) is 0 Å². The molecule has 1 nitrogen and oxygen atoms in total. The SMILES string of the molecule is Bc1c(B)c(B)c2c(-c3cccc4oc(-c5ccc6ccc7ccccc7c6c5)cc34)c3c(B)c(B)c(B)c(B)c3c(-c3cccc4ccccc34)c2c1B. The first kappa shape index (κ1) is 33.9. The Kier molecular flexibility index (Phi) is 7.66. The topological polar surface area (TPSA) is 13.1 Å². The van der Waals surface area contributed by atoms with Crippen LogP contribution in [0.5, 0.6) is 0 Å². The van der Waals surface area contributed by atoms with Gasteiger partial charge in [-0.15, -0.1) is 21.9 Å². The summed E-state index contributed by atoms with van der Waals surface area (Å²) in [7, 11) is 18.6. The van der Waals surface area contributed by atoms with Crippen LogP contribution >= 0.6 is 0 Å². The van der Waals surface area contributed by atoms with Gasteiger partial charge in [-0.25, -0.2) is 0 Å². The fourth-order valence-electron chi connectivity index (χ4n) is 9.68. The van der Waals surface area contributed by atoms with Crippen molar-refractivity contribution in [2.75, 3.05) is 0 Å². The summed E-state index contributed by atoms with van der Waals surface area (Å²) in [5, 5.41) is 14.1. The van der Waals surface area contributed by atoms with Crippen molar-refractivity contribution in [1.29, 1.82) is 0 Å². The van der Waals surface area contributed by atoms with Crippen LogP contribution in [0.25, 0.3) is 98.4 Å². The summed E-state index contributed by atoms with van der Waals surface area (Å²) in [6, 6.07) is 44.5. The van der Waals surface area contributed by atoms with E-state index in [9.17, 15) is 0 Å². The van der Waals surface area contributed by atoms with Crippen molar-refractivity contribution in [3.8, 4) is 33.6 Å². The molecule has 0 bridgehead atoms. The standard InChI is InChI=1S/C46H36B8O/c47-39-35-33(27-12-5-9-21-7-1-3-10-25(21)27)36-38(42(50)46(54)44(52)40(36)48)34(37(35)41(49)45(53)43(39)51)28-13-6-14-31-30(28)20-32(55-31)24-18-17-23-16-15-22-8-2-4-11-26(22)29(23)19-24/h1-20H,47-54H2. The molecule has 0 aliphatic rings. The molecule has 0 atom stereocenters. The molecule has 250 valence electrons. The molecule has 0 saturated carbocycles. The molecule has 0 spiro atoms. The molecule has 0 N–H and O–H groups in total. The summed E-state index contributed by atoms with van der Waals surface area (Å²) in [6.07, 6.45) is 0. The molecular formula is C46H36B8O. The fourth-order valence-corrected chi connectivity index (χ4v) is 9.68. The Morgan fingerprint density at radius 3 is 1.35 bits per heavy atom. The summed E-state index contributed by atoms with van der Waals surface area (Å²) in [5.74, 6) is 0.887. The van der Waals surface area contributed by atoms with Crippen LogP contribution in [0.15, 0.2) is 126 Å². The van der Waals surface area contributed by atoms with E-state index in [4.69, 9.17) is 4.42 Å². The van der Waals surface area contributed by atoms with E-state index in [0.717, 1.165) is 22.3 Å². The van der Waals surface area contributed by atoms with E-state index in [1.807, 2.05) is 0 Å². The molecule has 1 heterocycles. The van der Waals surface area contributed by atoms with E-state index in [1.54, 1.807) is 0 Å². The fraction of sp³-hybridized carbons (Fsp3) is 0. The predicted octanol–water partition coefficient (Wildman–Crippen LogP) is -0.733. The first-order valence-electron chi connectivity index (χ1n) is 19.5. The number of fused-ring (bicyclic) bond motifs is 7. The van der Waals surface area contributed by atoms with Crippen molar-refractivity contribution in [3.63, 3.8) is 0 Å². The van der Waals surface area contributed by atoms with E-state index in [1.165, 1.54) is 120 Å². The minimum Gasteiger partial charge on any atom is -0.456 e. The predicted molar refractivity (Wildman–Crippen MR) is 265 cm³/mol. The quantitative estimate of drug-likeness (QED) is 0.136. The van der Waals surface area contributed by atoms with Crippen molar-refractivity contribution in [3.05, 3.63) is 121 Å². The smallest absolute Gasteiger partial charge is 0.139 e. The molecule has 0 aliphatic carbocycles. The molecule has 0 radical (unpaired) electrons. The van der Waals surface area contributed by atoms with Crippen molar-refractivity contribution in [1.82, 2.24) is 0 Å². The number of furan rings is 1. The first-order chi connectivity index (χ1) is 26.6. The van der Waals surface area contributed by atoms with Gasteiger partial charge in [0, 0.05) is 10.9 Å². The molecular weight excluding hydrogens is 655 g/mol. The second-order valence-corrected chi connectivity index (χ2v) is 15.8.